The first-order valence-electron chi connectivity index (χ1n) is 5.80. The third-order valence-corrected chi connectivity index (χ3v) is 3.22. The van der Waals surface area contributed by atoms with Crippen LogP contribution < -0.4 is 4.74 Å². The van der Waals surface area contributed by atoms with Gasteiger partial charge in [-0.05, 0) is 31.0 Å². The average Bonchev–Trinajstić information content (AvgIpc) is 2.35. The minimum absolute atomic E-state index is 0.0361. The lowest BCUT2D eigenvalue weighted by atomic mass is 9.99. The van der Waals surface area contributed by atoms with E-state index in [-0.39, 0.29) is 17.9 Å². The number of benzene rings is 1. The largest absolute Gasteiger partial charge is 0.490 e. The van der Waals surface area contributed by atoms with Gasteiger partial charge in [-0.1, -0.05) is 25.4 Å². The average molecular weight is 273 g/mol. The summed E-state index contributed by atoms with van der Waals surface area (Å²) in [6, 6.07) is 4.32. The number of rotatable bonds is 6. The zero-order valence-electron chi connectivity index (χ0n) is 10.4. The molecular formula is C13H17ClO4. The van der Waals surface area contributed by atoms with Crippen LogP contribution in [0, 0.1) is 0 Å². The van der Waals surface area contributed by atoms with E-state index in [0.29, 0.717) is 17.9 Å². The Balaban J connectivity index is 2.90. The highest BCUT2D eigenvalue weighted by Crippen LogP contribution is 2.25. The molecule has 0 saturated heterocycles. The molecule has 0 bridgehead atoms. The van der Waals surface area contributed by atoms with Gasteiger partial charge in [-0.15, -0.1) is 0 Å². The van der Waals surface area contributed by atoms with E-state index in [2.05, 4.69) is 0 Å². The van der Waals surface area contributed by atoms with Gasteiger partial charge in [-0.3, -0.25) is 0 Å². The second-order valence-corrected chi connectivity index (χ2v) is 4.60. The first-order chi connectivity index (χ1) is 8.41. The van der Waals surface area contributed by atoms with E-state index in [1.165, 1.54) is 18.2 Å². The Kier molecular flexibility index (Phi) is 4.99. The van der Waals surface area contributed by atoms with Crippen molar-refractivity contribution in [3.05, 3.63) is 28.8 Å². The Morgan fingerprint density at radius 2 is 2.00 bits per heavy atom. The lowest BCUT2D eigenvalue weighted by molar-refractivity contribution is -0.0117. The summed E-state index contributed by atoms with van der Waals surface area (Å²) in [5.74, 6) is -0.909. The molecule has 1 aromatic rings. The molecule has 0 spiro atoms. The van der Waals surface area contributed by atoms with Crippen molar-refractivity contribution in [2.45, 2.75) is 32.3 Å². The molecule has 0 aliphatic rings. The number of carbonyl (C=O) groups is 1. The van der Waals surface area contributed by atoms with Gasteiger partial charge in [0.25, 0.3) is 0 Å². The highest BCUT2D eigenvalue weighted by atomic mass is 35.5. The fraction of sp³-hybridized carbons (Fsp3) is 0.462. The summed E-state index contributed by atoms with van der Waals surface area (Å²) in [4.78, 5) is 11.0. The number of hydrogen-bond acceptors (Lipinski definition) is 3. The molecule has 2 N–H and O–H groups in total. The van der Waals surface area contributed by atoms with Crippen LogP contribution in [0.3, 0.4) is 0 Å². The Morgan fingerprint density at radius 1 is 1.39 bits per heavy atom. The summed E-state index contributed by atoms with van der Waals surface area (Å²) >= 11 is 5.80. The third kappa shape index (κ3) is 3.62. The number of halogens is 1. The number of aromatic carboxylic acids is 1. The molecule has 0 radical (unpaired) electrons. The van der Waals surface area contributed by atoms with Crippen LogP contribution in [0.15, 0.2) is 18.2 Å². The summed E-state index contributed by atoms with van der Waals surface area (Å²) in [7, 11) is 0. The lowest BCUT2D eigenvalue weighted by Gasteiger charge is -2.25. The number of ether oxygens (including phenoxy) is 1. The van der Waals surface area contributed by atoms with Crippen LogP contribution in [0.4, 0.5) is 0 Å². The van der Waals surface area contributed by atoms with Gasteiger partial charge in [-0.25, -0.2) is 4.79 Å². The maximum Gasteiger partial charge on any atom is 0.339 e. The maximum atomic E-state index is 11.0. The summed E-state index contributed by atoms with van der Waals surface area (Å²) < 4.78 is 5.41. The fourth-order valence-electron chi connectivity index (χ4n) is 1.46. The molecule has 0 aliphatic heterocycles. The first kappa shape index (κ1) is 14.8. The summed E-state index contributed by atoms with van der Waals surface area (Å²) in [6.45, 7) is 3.74. The quantitative estimate of drug-likeness (QED) is 0.835. The smallest absolute Gasteiger partial charge is 0.339 e. The van der Waals surface area contributed by atoms with Crippen LogP contribution in [0.5, 0.6) is 5.75 Å². The van der Waals surface area contributed by atoms with Crippen molar-refractivity contribution in [1.82, 2.24) is 0 Å². The second kappa shape index (κ2) is 6.07. The van der Waals surface area contributed by atoms with Gasteiger partial charge in [0.2, 0.25) is 0 Å². The highest BCUT2D eigenvalue weighted by molar-refractivity contribution is 6.30. The Hall–Kier alpha value is -1.26. The molecule has 0 heterocycles. The molecule has 0 atom stereocenters. The van der Waals surface area contributed by atoms with E-state index >= 15 is 0 Å². The number of carboxylic acid groups (broad SMARTS) is 1. The van der Waals surface area contributed by atoms with E-state index in [0.717, 1.165) is 0 Å². The van der Waals surface area contributed by atoms with E-state index in [4.69, 9.17) is 21.4 Å². The van der Waals surface area contributed by atoms with Crippen molar-refractivity contribution in [3.8, 4) is 5.75 Å². The zero-order chi connectivity index (χ0) is 13.8. The monoisotopic (exact) mass is 272 g/mol. The molecule has 100 valence electrons. The van der Waals surface area contributed by atoms with Crippen molar-refractivity contribution in [2.75, 3.05) is 6.61 Å². The molecule has 1 rings (SSSR count). The number of aliphatic hydroxyl groups is 1. The Morgan fingerprint density at radius 3 is 2.50 bits per heavy atom. The Labute approximate surface area is 111 Å². The molecule has 0 aromatic heterocycles. The summed E-state index contributed by atoms with van der Waals surface area (Å²) in [5, 5.41) is 19.5. The van der Waals surface area contributed by atoms with Gasteiger partial charge < -0.3 is 14.9 Å². The summed E-state index contributed by atoms with van der Waals surface area (Å²) in [5.41, 5.74) is -0.910. The highest BCUT2D eigenvalue weighted by Gasteiger charge is 2.24. The standard InChI is InChI=1S/C13H17ClO4/c1-3-13(17,4-2)8-18-11-7-9(14)5-6-10(11)12(15)16/h5-7,17H,3-4,8H2,1-2H3,(H,15,16). The predicted molar refractivity (Wildman–Crippen MR) is 69.4 cm³/mol. The molecule has 18 heavy (non-hydrogen) atoms. The number of hydrogen-bond donors (Lipinski definition) is 2. The molecule has 5 heteroatoms. The van der Waals surface area contributed by atoms with Crippen molar-refractivity contribution >= 4 is 17.6 Å². The van der Waals surface area contributed by atoms with Crippen LogP contribution in [-0.2, 0) is 0 Å². The van der Waals surface area contributed by atoms with Crippen LogP contribution >= 0.6 is 11.6 Å². The van der Waals surface area contributed by atoms with Crippen molar-refractivity contribution < 1.29 is 19.7 Å². The van der Waals surface area contributed by atoms with Gasteiger partial charge in [0.1, 0.15) is 17.9 Å². The topological polar surface area (TPSA) is 66.8 Å². The van der Waals surface area contributed by atoms with Crippen molar-refractivity contribution in [2.24, 2.45) is 0 Å². The van der Waals surface area contributed by atoms with E-state index in [9.17, 15) is 9.90 Å². The van der Waals surface area contributed by atoms with Gasteiger partial charge in [0.05, 0.1) is 5.60 Å². The third-order valence-electron chi connectivity index (χ3n) is 2.99. The minimum atomic E-state index is -1.08. The maximum absolute atomic E-state index is 11.0. The molecule has 0 fully saturated rings. The molecule has 0 saturated carbocycles. The van der Waals surface area contributed by atoms with Crippen LogP contribution in [0.25, 0.3) is 0 Å². The molecule has 0 unspecified atom stereocenters. The van der Waals surface area contributed by atoms with E-state index in [1.807, 2.05) is 13.8 Å². The van der Waals surface area contributed by atoms with E-state index in [1.54, 1.807) is 0 Å². The normalized spacial score (nSPS) is 11.3. The molecule has 1 aromatic carbocycles. The van der Waals surface area contributed by atoms with Crippen LogP contribution in [-0.4, -0.2) is 28.4 Å². The first-order valence-corrected chi connectivity index (χ1v) is 6.17. The van der Waals surface area contributed by atoms with E-state index < -0.39 is 11.6 Å². The van der Waals surface area contributed by atoms with Crippen molar-refractivity contribution in [1.29, 1.82) is 0 Å². The number of carboxylic acids is 1. The molecule has 0 amide bonds. The zero-order valence-corrected chi connectivity index (χ0v) is 11.2. The molecule has 0 aliphatic carbocycles. The summed E-state index contributed by atoms with van der Waals surface area (Å²) in [6.07, 6.45) is 1.07. The van der Waals surface area contributed by atoms with Crippen LogP contribution in [0.1, 0.15) is 37.0 Å². The SMILES string of the molecule is CCC(O)(CC)COc1cc(Cl)ccc1C(=O)O. The molecule has 4 nitrogen and oxygen atoms in total. The Bertz CT molecular complexity index is 427. The fourth-order valence-corrected chi connectivity index (χ4v) is 1.62. The predicted octanol–water partition coefficient (Wildman–Crippen LogP) is 2.97. The second-order valence-electron chi connectivity index (χ2n) is 4.17. The lowest BCUT2D eigenvalue weighted by Crippen LogP contribution is -2.34. The molecular weight excluding hydrogens is 256 g/mol. The van der Waals surface area contributed by atoms with Gasteiger partial charge in [-0.2, -0.15) is 0 Å². The van der Waals surface area contributed by atoms with Gasteiger partial charge in [0, 0.05) is 5.02 Å². The van der Waals surface area contributed by atoms with Crippen LogP contribution in [0.2, 0.25) is 5.02 Å². The van der Waals surface area contributed by atoms with Gasteiger partial charge >= 0.3 is 5.97 Å². The van der Waals surface area contributed by atoms with Gasteiger partial charge in [0.15, 0.2) is 0 Å². The minimum Gasteiger partial charge on any atom is -0.490 e. The van der Waals surface area contributed by atoms with Crippen molar-refractivity contribution in [3.63, 3.8) is 0 Å².